The molecule has 120 valence electrons. The van der Waals surface area contributed by atoms with E-state index >= 15 is 0 Å². The fraction of sp³-hybridized carbons (Fsp3) is 0.286. The van der Waals surface area contributed by atoms with Crippen molar-refractivity contribution in [2.24, 2.45) is 0 Å². The molecule has 8 heteroatoms. The Morgan fingerprint density at radius 3 is 2.32 bits per heavy atom. The highest BCUT2D eigenvalue weighted by Gasteiger charge is 2.33. The number of allylic oxidation sites excluding steroid dienone is 1. The van der Waals surface area contributed by atoms with E-state index in [2.05, 4.69) is 0 Å². The Labute approximate surface area is 130 Å². The van der Waals surface area contributed by atoms with Crippen molar-refractivity contribution < 1.29 is 25.6 Å². The molecule has 1 atom stereocenters. The van der Waals surface area contributed by atoms with E-state index in [0.29, 0.717) is 5.56 Å². The molecule has 2 rings (SSSR count). The van der Waals surface area contributed by atoms with E-state index in [9.17, 15) is 16.8 Å². The van der Waals surface area contributed by atoms with E-state index in [1.807, 2.05) is 0 Å². The molecule has 1 aromatic rings. The monoisotopic (exact) mass is 344 g/mol. The Hall–Kier alpha value is -1.48. The number of hydrogen-bond donors (Lipinski definition) is 1. The summed E-state index contributed by atoms with van der Waals surface area (Å²) in [4.78, 5) is -0.212. The third kappa shape index (κ3) is 3.64. The second-order valence-electron chi connectivity index (χ2n) is 5.23. The number of benzene rings is 1. The topological polar surface area (TPSA) is 97.7 Å². The van der Waals surface area contributed by atoms with Crippen LogP contribution >= 0.6 is 0 Å². The molecular formula is C14H16O6S2. The maximum atomic E-state index is 12.4. The lowest BCUT2D eigenvalue weighted by Gasteiger charge is -2.27. The van der Waals surface area contributed by atoms with Crippen molar-refractivity contribution in [3.63, 3.8) is 0 Å². The van der Waals surface area contributed by atoms with Crippen LogP contribution < -0.4 is 0 Å². The summed E-state index contributed by atoms with van der Waals surface area (Å²) in [5, 5.41) is 0. The van der Waals surface area contributed by atoms with Crippen LogP contribution in [0.5, 0.6) is 0 Å². The third-order valence-corrected chi connectivity index (χ3v) is 5.76. The van der Waals surface area contributed by atoms with Crippen molar-refractivity contribution in [3.8, 4) is 0 Å². The van der Waals surface area contributed by atoms with Gasteiger partial charge in [-0.1, -0.05) is 24.3 Å². The van der Waals surface area contributed by atoms with E-state index in [0.717, 1.165) is 6.08 Å². The fourth-order valence-corrected chi connectivity index (χ4v) is 4.04. The Kier molecular flexibility index (Phi) is 4.31. The lowest BCUT2D eigenvalue weighted by atomic mass is 9.98. The Morgan fingerprint density at radius 1 is 1.18 bits per heavy atom. The smallest absolute Gasteiger partial charge is 0.282 e. The molecule has 0 fully saturated rings. The minimum Gasteiger partial charge on any atom is -0.282 e. The van der Waals surface area contributed by atoms with Gasteiger partial charge in [0.2, 0.25) is 0 Å². The van der Waals surface area contributed by atoms with E-state index < -0.39 is 25.8 Å². The van der Waals surface area contributed by atoms with Gasteiger partial charge in [0.15, 0.2) is 0 Å². The number of rotatable bonds is 4. The molecule has 22 heavy (non-hydrogen) atoms. The first-order valence-electron chi connectivity index (χ1n) is 6.42. The average Bonchev–Trinajstić information content (AvgIpc) is 2.37. The van der Waals surface area contributed by atoms with Crippen molar-refractivity contribution in [1.29, 1.82) is 0 Å². The molecule has 0 bridgehead atoms. The average molecular weight is 344 g/mol. The molecule has 0 saturated carbocycles. The van der Waals surface area contributed by atoms with E-state index in [-0.39, 0.29) is 16.2 Å². The number of aryl methyl sites for hydroxylation is 1. The van der Waals surface area contributed by atoms with Crippen LogP contribution in [-0.2, 0) is 24.4 Å². The largest absolute Gasteiger partial charge is 0.298 e. The molecule has 0 radical (unpaired) electrons. The number of hydrogen-bond acceptors (Lipinski definition) is 5. The van der Waals surface area contributed by atoms with Crippen LogP contribution in [0.2, 0.25) is 0 Å². The summed E-state index contributed by atoms with van der Waals surface area (Å²) < 4.78 is 61.0. The predicted molar refractivity (Wildman–Crippen MR) is 81.2 cm³/mol. The van der Waals surface area contributed by atoms with Gasteiger partial charge in [0, 0.05) is 6.42 Å². The van der Waals surface area contributed by atoms with Crippen molar-refractivity contribution >= 4 is 20.2 Å². The van der Waals surface area contributed by atoms with Crippen molar-refractivity contribution in [2.45, 2.75) is 30.8 Å². The van der Waals surface area contributed by atoms with Crippen LogP contribution in [0.4, 0.5) is 0 Å². The first kappa shape index (κ1) is 16.9. The molecular weight excluding hydrogens is 328 g/mol. The van der Waals surface area contributed by atoms with Crippen LogP contribution in [0.1, 0.15) is 18.9 Å². The van der Waals surface area contributed by atoms with Crippen LogP contribution in [0, 0.1) is 6.92 Å². The zero-order valence-corrected chi connectivity index (χ0v) is 13.7. The highest BCUT2D eigenvalue weighted by atomic mass is 32.2. The summed E-state index contributed by atoms with van der Waals surface area (Å²) in [5.74, 6) is 0. The fourth-order valence-electron chi connectivity index (χ4n) is 2.08. The van der Waals surface area contributed by atoms with Gasteiger partial charge in [-0.25, -0.2) is 0 Å². The molecule has 1 N–H and O–H groups in total. The molecule has 0 aromatic heterocycles. The van der Waals surface area contributed by atoms with Gasteiger partial charge in [-0.05, 0) is 37.6 Å². The summed E-state index contributed by atoms with van der Waals surface area (Å²) in [6.07, 6.45) is 3.67. The predicted octanol–water partition coefficient (Wildman–Crippen LogP) is 2.19. The van der Waals surface area contributed by atoms with Gasteiger partial charge >= 0.3 is 0 Å². The van der Waals surface area contributed by atoms with E-state index in [4.69, 9.17) is 8.74 Å². The van der Waals surface area contributed by atoms with Gasteiger partial charge in [-0.2, -0.15) is 16.8 Å². The lowest BCUT2D eigenvalue weighted by Crippen LogP contribution is -2.31. The summed E-state index contributed by atoms with van der Waals surface area (Å²) in [7, 11) is -8.30. The highest BCUT2D eigenvalue weighted by molar-refractivity contribution is 7.90. The van der Waals surface area contributed by atoms with Crippen LogP contribution in [0.15, 0.2) is 52.3 Å². The highest BCUT2D eigenvalue weighted by Crippen LogP contribution is 2.30. The summed E-state index contributed by atoms with van der Waals surface area (Å²) in [6.45, 7) is 3.18. The van der Waals surface area contributed by atoms with Crippen molar-refractivity contribution in [1.82, 2.24) is 0 Å². The molecule has 1 aliphatic carbocycles. The maximum Gasteiger partial charge on any atom is 0.298 e. The van der Waals surface area contributed by atoms with Crippen molar-refractivity contribution in [3.05, 3.63) is 53.0 Å². The first-order valence-corrected chi connectivity index (χ1v) is 9.27. The van der Waals surface area contributed by atoms with Crippen molar-refractivity contribution in [2.75, 3.05) is 0 Å². The zero-order valence-electron chi connectivity index (χ0n) is 12.1. The van der Waals surface area contributed by atoms with E-state index in [1.165, 1.54) is 25.1 Å². The van der Waals surface area contributed by atoms with Crippen LogP contribution in [0.25, 0.3) is 0 Å². The Bertz CT molecular complexity index is 849. The normalized spacial score (nSPS) is 22.4. The Balaban J connectivity index is 2.27. The summed E-state index contributed by atoms with van der Waals surface area (Å²) in [6, 6.07) is 6.42. The molecule has 1 aromatic carbocycles. The molecule has 0 amide bonds. The van der Waals surface area contributed by atoms with E-state index in [1.54, 1.807) is 25.1 Å². The molecule has 0 heterocycles. The van der Waals surface area contributed by atoms with Gasteiger partial charge in [-0.3, -0.25) is 8.74 Å². The molecule has 1 aliphatic rings. The van der Waals surface area contributed by atoms with Gasteiger partial charge < -0.3 is 0 Å². The summed E-state index contributed by atoms with van der Waals surface area (Å²) in [5.41, 5.74) is -0.657. The van der Waals surface area contributed by atoms with Crippen LogP contribution in [-0.4, -0.2) is 27.0 Å². The maximum absolute atomic E-state index is 12.4. The van der Waals surface area contributed by atoms with Gasteiger partial charge in [-0.15, -0.1) is 0 Å². The minimum atomic E-state index is -4.31. The second-order valence-corrected chi connectivity index (χ2v) is 8.17. The summed E-state index contributed by atoms with van der Waals surface area (Å²) >= 11 is 0. The van der Waals surface area contributed by atoms with Gasteiger partial charge in [0.05, 0.1) is 9.80 Å². The van der Waals surface area contributed by atoms with Gasteiger partial charge in [0.1, 0.15) is 5.60 Å². The zero-order chi connectivity index (χ0) is 16.6. The first-order chi connectivity index (χ1) is 10.0. The van der Waals surface area contributed by atoms with Gasteiger partial charge in [0.25, 0.3) is 20.2 Å². The SMILES string of the molecule is Cc1ccccc1S(=O)(=O)OC1(C)C=CC(S(=O)(=O)O)=CC1. The molecule has 1 unspecified atom stereocenters. The Morgan fingerprint density at radius 2 is 1.82 bits per heavy atom. The third-order valence-electron chi connectivity index (χ3n) is 3.27. The molecule has 6 nitrogen and oxygen atoms in total. The molecule has 0 aliphatic heterocycles. The minimum absolute atomic E-state index is 0.00370. The molecule has 0 spiro atoms. The molecule has 0 saturated heterocycles. The standard InChI is InChI=1S/C14H16O6S2/c1-11-5-3-4-6-13(11)22(18,19)20-14(2)9-7-12(8-10-14)21(15,16)17/h3-9H,10H2,1-2H3,(H,15,16,17). The second kappa shape index (κ2) is 5.62. The lowest BCUT2D eigenvalue weighted by molar-refractivity contribution is 0.151. The quantitative estimate of drug-likeness (QED) is 0.664. The van der Waals surface area contributed by atoms with Crippen LogP contribution in [0.3, 0.4) is 0 Å².